The molecular formula is C14H22BrNO2S. The Balaban J connectivity index is 2.97. The highest BCUT2D eigenvalue weighted by Gasteiger charge is 2.23. The number of rotatable bonds is 8. The molecule has 1 aromatic carbocycles. The Bertz CT molecular complexity index is 480. The highest BCUT2D eigenvalue weighted by atomic mass is 79.9. The van der Waals surface area contributed by atoms with Gasteiger partial charge >= 0.3 is 0 Å². The van der Waals surface area contributed by atoms with E-state index in [2.05, 4.69) is 29.8 Å². The van der Waals surface area contributed by atoms with Crippen LogP contribution in [0.5, 0.6) is 0 Å². The van der Waals surface area contributed by atoms with E-state index in [-0.39, 0.29) is 0 Å². The first-order valence-corrected chi connectivity index (χ1v) is 9.01. The molecule has 0 bridgehead atoms. The molecule has 0 amide bonds. The fraction of sp³-hybridized carbons (Fsp3) is 0.571. The Labute approximate surface area is 125 Å². The second kappa shape index (κ2) is 8.02. The lowest BCUT2D eigenvalue weighted by atomic mass is 10.3. The Morgan fingerprint density at radius 1 is 1.11 bits per heavy atom. The Morgan fingerprint density at radius 3 is 2.16 bits per heavy atom. The molecule has 0 aliphatic rings. The summed E-state index contributed by atoms with van der Waals surface area (Å²) < 4.78 is 27.6. The van der Waals surface area contributed by atoms with Crippen molar-refractivity contribution in [2.24, 2.45) is 0 Å². The lowest BCUT2D eigenvalue weighted by molar-refractivity contribution is 0.395. The van der Waals surface area contributed by atoms with Gasteiger partial charge in [0, 0.05) is 17.6 Å². The van der Waals surface area contributed by atoms with Crippen molar-refractivity contribution in [3.8, 4) is 0 Å². The van der Waals surface area contributed by atoms with Crippen molar-refractivity contribution in [3.05, 3.63) is 28.7 Å². The maximum absolute atomic E-state index is 12.6. The largest absolute Gasteiger partial charge is 0.243 e. The fourth-order valence-electron chi connectivity index (χ4n) is 1.80. The van der Waals surface area contributed by atoms with E-state index in [1.807, 2.05) is 6.07 Å². The van der Waals surface area contributed by atoms with Crippen LogP contribution in [-0.4, -0.2) is 25.8 Å². The number of hydrogen-bond donors (Lipinski definition) is 0. The van der Waals surface area contributed by atoms with Crippen LogP contribution in [0.1, 0.15) is 39.5 Å². The fourth-order valence-corrected chi connectivity index (χ4v) is 3.91. The van der Waals surface area contributed by atoms with Crippen LogP contribution in [0.25, 0.3) is 0 Å². The molecule has 108 valence electrons. The first kappa shape index (κ1) is 16.7. The smallest absolute Gasteiger partial charge is 0.207 e. The second-order valence-corrected chi connectivity index (χ2v) is 7.42. The van der Waals surface area contributed by atoms with Crippen molar-refractivity contribution in [2.45, 2.75) is 44.4 Å². The molecule has 0 fully saturated rings. The van der Waals surface area contributed by atoms with E-state index in [9.17, 15) is 8.42 Å². The molecular weight excluding hydrogens is 326 g/mol. The van der Waals surface area contributed by atoms with Gasteiger partial charge in [-0.15, -0.1) is 0 Å². The topological polar surface area (TPSA) is 37.4 Å². The predicted octanol–water partition coefficient (Wildman–Crippen LogP) is 4.04. The van der Waals surface area contributed by atoms with Gasteiger partial charge in [-0.2, -0.15) is 4.31 Å². The highest BCUT2D eigenvalue weighted by Crippen LogP contribution is 2.20. The monoisotopic (exact) mass is 347 g/mol. The third kappa shape index (κ3) is 4.89. The predicted molar refractivity (Wildman–Crippen MR) is 82.7 cm³/mol. The van der Waals surface area contributed by atoms with E-state index in [4.69, 9.17) is 0 Å². The number of benzene rings is 1. The van der Waals surface area contributed by atoms with Gasteiger partial charge in [-0.05, 0) is 31.0 Å². The quantitative estimate of drug-likeness (QED) is 0.711. The molecule has 0 saturated heterocycles. The maximum Gasteiger partial charge on any atom is 0.243 e. The molecule has 0 aliphatic carbocycles. The van der Waals surface area contributed by atoms with Crippen molar-refractivity contribution in [2.75, 3.05) is 13.1 Å². The minimum absolute atomic E-state index is 0.370. The Hall–Kier alpha value is -0.390. The van der Waals surface area contributed by atoms with Gasteiger partial charge in [-0.3, -0.25) is 0 Å². The molecule has 1 rings (SSSR count). The summed E-state index contributed by atoms with van der Waals surface area (Å²) in [5.74, 6) is 0. The average molecular weight is 348 g/mol. The van der Waals surface area contributed by atoms with E-state index in [0.717, 1.165) is 30.2 Å². The zero-order valence-corrected chi connectivity index (χ0v) is 14.0. The molecule has 0 radical (unpaired) electrons. The zero-order valence-electron chi connectivity index (χ0n) is 11.6. The van der Waals surface area contributed by atoms with Gasteiger partial charge in [0.15, 0.2) is 0 Å². The van der Waals surface area contributed by atoms with E-state index >= 15 is 0 Å². The van der Waals surface area contributed by atoms with Gasteiger partial charge in [0.1, 0.15) is 0 Å². The first-order chi connectivity index (χ1) is 9.02. The van der Waals surface area contributed by atoms with Crippen LogP contribution in [0, 0.1) is 0 Å². The summed E-state index contributed by atoms with van der Waals surface area (Å²) in [5, 5.41) is 0. The van der Waals surface area contributed by atoms with Crippen LogP contribution in [0.15, 0.2) is 33.6 Å². The molecule has 0 aliphatic heterocycles. The number of halogens is 1. The lowest BCUT2D eigenvalue weighted by Crippen LogP contribution is -2.33. The average Bonchev–Trinajstić information content (AvgIpc) is 2.38. The molecule has 0 unspecified atom stereocenters. The zero-order chi connectivity index (χ0) is 14.3. The molecule has 5 heteroatoms. The van der Waals surface area contributed by atoms with Crippen LogP contribution in [0.4, 0.5) is 0 Å². The summed E-state index contributed by atoms with van der Waals surface area (Å²) >= 11 is 3.33. The van der Waals surface area contributed by atoms with Gasteiger partial charge in [0.25, 0.3) is 0 Å². The number of sulfonamides is 1. The second-order valence-electron chi connectivity index (χ2n) is 4.57. The summed E-state index contributed by atoms with van der Waals surface area (Å²) in [6.07, 6.45) is 3.79. The first-order valence-electron chi connectivity index (χ1n) is 6.78. The third-order valence-electron chi connectivity index (χ3n) is 2.96. The minimum atomic E-state index is -3.36. The SMILES string of the molecule is CCCCN(CCCC)S(=O)(=O)c1cccc(Br)c1. The summed E-state index contributed by atoms with van der Waals surface area (Å²) in [7, 11) is -3.36. The van der Waals surface area contributed by atoms with Crippen LogP contribution < -0.4 is 0 Å². The highest BCUT2D eigenvalue weighted by molar-refractivity contribution is 9.10. The maximum atomic E-state index is 12.6. The van der Waals surface area contributed by atoms with Crippen molar-refractivity contribution in [3.63, 3.8) is 0 Å². The van der Waals surface area contributed by atoms with E-state index < -0.39 is 10.0 Å². The van der Waals surface area contributed by atoms with Crippen molar-refractivity contribution >= 4 is 26.0 Å². The van der Waals surface area contributed by atoms with Gasteiger partial charge in [0.05, 0.1) is 4.90 Å². The van der Waals surface area contributed by atoms with Crippen LogP contribution >= 0.6 is 15.9 Å². The van der Waals surface area contributed by atoms with Gasteiger partial charge in [-0.25, -0.2) is 8.42 Å². The Morgan fingerprint density at radius 2 is 1.68 bits per heavy atom. The standard InChI is InChI=1S/C14H22BrNO2S/c1-3-5-10-16(11-6-4-2)19(17,18)14-9-7-8-13(15)12-14/h7-9,12H,3-6,10-11H2,1-2H3. The number of unbranched alkanes of at least 4 members (excludes halogenated alkanes) is 2. The molecule has 0 saturated carbocycles. The molecule has 3 nitrogen and oxygen atoms in total. The van der Waals surface area contributed by atoms with Crippen LogP contribution in [0.3, 0.4) is 0 Å². The lowest BCUT2D eigenvalue weighted by Gasteiger charge is -2.22. The van der Waals surface area contributed by atoms with Gasteiger partial charge in [0.2, 0.25) is 10.0 Å². The molecule has 0 N–H and O–H groups in total. The summed E-state index contributed by atoms with van der Waals surface area (Å²) in [5.41, 5.74) is 0. The van der Waals surface area contributed by atoms with Crippen LogP contribution in [-0.2, 0) is 10.0 Å². The summed E-state index contributed by atoms with van der Waals surface area (Å²) in [6.45, 7) is 5.35. The van der Waals surface area contributed by atoms with E-state index in [1.165, 1.54) is 0 Å². The van der Waals surface area contributed by atoms with Crippen LogP contribution in [0.2, 0.25) is 0 Å². The van der Waals surface area contributed by atoms with Crippen molar-refractivity contribution in [1.29, 1.82) is 0 Å². The normalized spacial score (nSPS) is 12.0. The number of hydrogen-bond acceptors (Lipinski definition) is 2. The molecule has 0 heterocycles. The molecule has 0 atom stereocenters. The molecule has 0 aromatic heterocycles. The van der Waals surface area contributed by atoms with Crippen molar-refractivity contribution in [1.82, 2.24) is 4.31 Å². The van der Waals surface area contributed by atoms with E-state index in [1.54, 1.807) is 22.5 Å². The molecule has 0 spiro atoms. The van der Waals surface area contributed by atoms with Gasteiger partial charge < -0.3 is 0 Å². The molecule has 19 heavy (non-hydrogen) atoms. The number of nitrogens with zero attached hydrogens (tertiary/aromatic N) is 1. The third-order valence-corrected chi connectivity index (χ3v) is 5.34. The minimum Gasteiger partial charge on any atom is -0.207 e. The van der Waals surface area contributed by atoms with Crippen molar-refractivity contribution < 1.29 is 8.42 Å². The summed E-state index contributed by atoms with van der Waals surface area (Å²) in [6, 6.07) is 6.92. The van der Waals surface area contributed by atoms with E-state index in [0.29, 0.717) is 18.0 Å². The van der Waals surface area contributed by atoms with Gasteiger partial charge in [-0.1, -0.05) is 48.7 Å². The Kier molecular flexibility index (Phi) is 7.04. The molecule has 1 aromatic rings. The summed E-state index contributed by atoms with van der Waals surface area (Å²) in [4.78, 5) is 0.370.